The molecule has 1 aromatic rings. The predicted molar refractivity (Wildman–Crippen MR) is 72.7 cm³/mol. The van der Waals surface area contributed by atoms with E-state index in [-0.39, 0.29) is 0 Å². The summed E-state index contributed by atoms with van der Waals surface area (Å²) < 4.78 is 0. The van der Waals surface area contributed by atoms with Gasteiger partial charge in [0.1, 0.15) is 4.88 Å². The molecule has 2 aliphatic heterocycles. The van der Waals surface area contributed by atoms with Gasteiger partial charge in [-0.25, -0.2) is 4.79 Å². The van der Waals surface area contributed by atoms with Gasteiger partial charge in [-0.3, -0.25) is 4.90 Å². The van der Waals surface area contributed by atoms with Crippen LogP contribution >= 0.6 is 11.3 Å². The third kappa shape index (κ3) is 2.24. The fourth-order valence-corrected chi connectivity index (χ4v) is 3.84. The van der Waals surface area contributed by atoms with Gasteiger partial charge in [0.25, 0.3) is 0 Å². The Labute approximate surface area is 111 Å². The first kappa shape index (κ1) is 12.0. The molecular weight excluding hydrogens is 248 g/mol. The number of hydrogen-bond donors (Lipinski definition) is 1. The molecule has 0 aromatic carbocycles. The Kier molecular flexibility index (Phi) is 3.26. The molecule has 1 atom stereocenters. The Balaban J connectivity index is 1.65. The zero-order valence-corrected chi connectivity index (χ0v) is 11.2. The molecule has 5 heteroatoms. The standard InChI is InChI=1S/C13H18N2O2S/c16-13(17)11-3-4-12(18-11)15-8-5-10(9-15)14-6-1-2-7-14/h3-4,10H,1-2,5-9H2,(H,16,17). The number of carbonyl (C=O) groups is 1. The second kappa shape index (κ2) is 4.90. The summed E-state index contributed by atoms with van der Waals surface area (Å²) in [5.41, 5.74) is 0. The summed E-state index contributed by atoms with van der Waals surface area (Å²) in [6, 6.07) is 4.33. The molecule has 0 amide bonds. The number of likely N-dealkylation sites (tertiary alicyclic amines) is 1. The van der Waals surface area contributed by atoms with E-state index in [4.69, 9.17) is 5.11 Å². The summed E-state index contributed by atoms with van der Waals surface area (Å²) in [5.74, 6) is -0.818. The number of thiophene rings is 1. The lowest BCUT2D eigenvalue weighted by molar-refractivity contribution is 0.0702. The van der Waals surface area contributed by atoms with Crippen molar-refractivity contribution in [2.45, 2.75) is 25.3 Å². The monoisotopic (exact) mass is 266 g/mol. The number of aromatic carboxylic acids is 1. The number of nitrogens with zero attached hydrogens (tertiary/aromatic N) is 2. The molecule has 1 unspecified atom stereocenters. The van der Waals surface area contributed by atoms with Crippen LogP contribution in [0.5, 0.6) is 0 Å². The zero-order chi connectivity index (χ0) is 12.5. The summed E-state index contributed by atoms with van der Waals surface area (Å²) in [6.45, 7) is 4.59. The van der Waals surface area contributed by atoms with Gasteiger partial charge in [0.2, 0.25) is 0 Å². The van der Waals surface area contributed by atoms with Crippen LogP contribution in [-0.2, 0) is 0 Å². The van der Waals surface area contributed by atoms with Crippen LogP contribution < -0.4 is 4.90 Å². The fraction of sp³-hybridized carbons (Fsp3) is 0.615. The third-order valence-electron chi connectivity index (χ3n) is 3.93. The van der Waals surface area contributed by atoms with E-state index < -0.39 is 5.97 Å². The molecule has 0 aliphatic carbocycles. The molecule has 0 bridgehead atoms. The van der Waals surface area contributed by atoms with Crippen LogP contribution in [0.3, 0.4) is 0 Å². The van der Waals surface area contributed by atoms with Gasteiger partial charge >= 0.3 is 5.97 Å². The summed E-state index contributed by atoms with van der Waals surface area (Å²) in [7, 11) is 0. The van der Waals surface area contributed by atoms with Gasteiger partial charge in [0.05, 0.1) is 5.00 Å². The maximum atomic E-state index is 10.9. The first-order valence-electron chi connectivity index (χ1n) is 6.56. The summed E-state index contributed by atoms with van der Waals surface area (Å²) in [6.07, 6.45) is 3.87. The predicted octanol–water partition coefficient (Wildman–Crippen LogP) is 2.12. The van der Waals surface area contributed by atoms with Crippen molar-refractivity contribution < 1.29 is 9.90 Å². The second-order valence-corrected chi connectivity index (χ2v) is 6.14. The molecule has 0 spiro atoms. The van der Waals surface area contributed by atoms with Gasteiger partial charge in [-0.15, -0.1) is 11.3 Å². The summed E-state index contributed by atoms with van der Waals surface area (Å²) in [4.78, 5) is 16.2. The Bertz CT molecular complexity index is 440. The molecule has 2 fully saturated rings. The van der Waals surface area contributed by atoms with E-state index in [1.807, 2.05) is 6.07 Å². The number of carboxylic acid groups (broad SMARTS) is 1. The van der Waals surface area contributed by atoms with Gasteiger partial charge in [0, 0.05) is 19.1 Å². The average molecular weight is 266 g/mol. The minimum atomic E-state index is -0.818. The van der Waals surface area contributed by atoms with Crippen LogP contribution in [-0.4, -0.2) is 48.2 Å². The smallest absolute Gasteiger partial charge is 0.345 e. The molecule has 3 heterocycles. The highest BCUT2D eigenvalue weighted by atomic mass is 32.1. The maximum absolute atomic E-state index is 10.9. The van der Waals surface area contributed by atoms with E-state index in [9.17, 15) is 4.79 Å². The fourth-order valence-electron chi connectivity index (χ4n) is 2.96. The molecule has 0 saturated carbocycles. The molecular formula is C13H18N2O2S. The highest BCUT2D eigenvalue weighted by Crippen LogP contribution is 2.30. The topological polar surface area (TPSA) is 43.8 Å². The molecule has 1 aromatic heterocycles. The van der Waals surface area contributed by atoms with Crippen molar-refractivity contribution in [3.05, 3.63) is 17.0 Å². The van der Waals surface area contributed by atoms with E-state index in [1.165, 1.54) is 43.7 Å². The average Bonchev–Trinajstić information content (AvgIpc) is 3.10. The van der Waals surface area contributed by atoms with E-state index in [0.29, 0.717) is 10.9 Å². The van der Waals surface area contributed by atoms with Crippen molar-refractivity contribution in [1.82, 2.24) is 4.90 Å². The van der Waals surface area contributed by atoms with Crippen molar-refractivity contribution in [2.24, 2.45) is 0 Å². The molecule has 2 aliphatic rings. The van der Waals surface area contributed by atoms with Gasteiger partial charge < -0.3 is 10.0 Å². The lowest BCUT2D eigenvalue weighted by Crippen LogP contribution is -2.35. The van der Waals surface area contributed by atoms with Gasteiger partial charge in [0.15, 0.2) is 0 Å². The molecule has 1 N–H and O–H groups in total. The number of hydrogen-bond acceptors (Lipinski definition) is 4. The quantitative estimate of drug-likeness (QED) is 0.910. The molecule has 0 radical (unpaired) electrons. The van der Waals surface area contributed by atoms with Crippen LogP contribution in [0.2, 0.25) is 0 Å². The van der Waals surface area contributed by atoms with Crippen molar-refractivity contribution in [2.75, 3.05) is 31.1 Å². The Morgan fingerprint density at radius 1 is 1.28 bits per heavy atom. The van der Waals surface area contributed by atoms with Gasteiger partial charge in [-0.05, 0) is 44.5 Å². The SMILES string of the molecule is O=C(O)c1ccc(N2CCC(N3CCCC3)C2)s1. The van der Waals surface area contributed by atoms with Crippen molar-refractivity contribution in [1.29, 1.82) is 0 Å². The number of carboxylic acids is 1. The van der Waals surface area contributed by atoms with Crippen molar-refractivity contribution in [3.63, 3.8) is 0 Å². The van der Waals surface area contributed by atoms with Crippen LogP contribution in [0.15, 0.2) is 12.1 Å². The second-order valence-electron chi connectivity index (χ2n) is 5.07. The van der Waals surface area contributed by atoms with Crippen LogP contribution in [0, 0.1) is 0 Å². The normalized spacial score (nSPS) is 24.9. The van der Waals surface area contributed by atoms with Crippen LogP contribution in [0.4, 0.5) is 5.00 Å². The number of anilines is 1. The largest absolute Gasteiger partial charge is 0.477 e. The minimum absolute atomic E-state index is 0.439. The van der Waals surface area contributed by atoms with E-state index in [1.54, 1.807) is 6.07 Å². The van der Waals surface area contributed by atoms with Crippen LogP contribution in [0.1, 0.15) is 28.9 Å². The maximum Gasteiger partial charge on any atom is 0.345 e. The molecule has 18 heavy (non-hydrogen) atoms. The molecule has 4 nitrogen and oxygen atoms in total. The highest BCUT2D eigenvalue weighted by Gasteiger charge is 2.30. The first-order chi connectivity index (χ1) is 8.74. The molecule has 3 rings (SSSR count). The summed E-state index contributed by atoms with van der Waals surface area (Å²) in [5, 5.41) is 10.1. The molecule has 2 saturated heterocycles. The van der Waals surface area contributed by atoms with Gasteiger partial charge in [-0.2, -0.15) is 0 Å². The zero-order valence-electron chi connectivity index (χ0n) is 10.3. The van der Waals surface area contributed by atoms with E-state index in [0.717, 1.165) is 18.1 Å². The summed E-state index contributed by atoms with van der Waals surface area (Å²) >= 11 is 1.39. The number of rotatable bonds is 3. The van der Waals surface area contributed by atoms with Crippen molar-refractivity contribution >= 4 is 22.3 Å². The third-order valence-corrected chi connectivity index (χ3v) is 5.07. The molecule has 98 valence electrons. The Hall–Kier alpha value is -1.07. The first-order valence-corrected chi connectivity index (χ1v) is 7.38. The Morgan fingerprint density at radius 3 is 2.72 bits per heavy atom. The Morgan fingerprint density at radius 2 is 2.06 bits per heavy atom. The van der Waals surface area contributed by atoms with E-state index in [2.05, 4.69) is 9.80 Å². The lowest BCUT2D eigenvalue weighted by Gasteiger charge is -2.23. The lowest BCUT2D eigenvalue weighted by atomic mass is 10.2. The van der Waals surface area contributed by atoms with E-state index >= 15 is 0 Å². The van der Waals surface area contributed by atoms with Crippen LogP contribution in [0.25, 0.3) is 0 Å². The minimum Gasteiger partial charge on any atom is -0.477 e. The van der Waals surface area contributed by atoms with Crippen molar-refractivity contribution in [3.8, 4) is 0 Å². The van der Waals surface area contributed by atoms with Gasteiger partial charge in [-0.1, -0.05) is 0 Å². The highest BCUT2D eigenvalue weighted by molar-refractivity contribution is 7.17.